The van der Waals surface area contributed by atoms with E-state index in [1.54, 1.807) is 12.1 Å². The van der Waals surface area contributed by atoms with Crippen LogP contribution in [0, 0.1) is 16.1 Å². The molecule has 0 aliphatic carbocycles. The summed E-state index contributed by atoms with van der Waals surface area (Å²) in [6, 6.07) is 9.39. The second-order valence-corrected chi connectivity index (χ2v) is 3.25. The van der Waals surface area contributed by atoms with Gasteiger partial charge < -0.3 is 9.97 Å². The molecule has 0 amide bonds. The van der Waals surface area contributed by atoms with E-state index in [-0.39, 0.29) is 0 Å². The van der Waals surface area contributed by atoms with Gasteiger partial charge in [0.25, 0.3) is 0 Å². The number of imidazole rings is 1. The highest BCUT2D eigenvalue weighted by molar-refractivity contribution is 7.71. The summed E-state index contributed by atoms with van der Waals surface area (Å²) in [5, 5.41) is 8.62. The van der Waals surface area contributed by atoms with Crippen molar-refractivity contribution in [2.45, 2.75) is 0 Å². The number of nitrogens with one attached hydrogen (secondary N) is 2. The van der Waals surface area contributed by atoms with Gasteiger partial charge in [0, 0.05) is 6.20 Å². The summed E-state index contributed by atoms with van der Waals surface area (Å²) in [5.74, 6) is 0. The second kappa shape index (κ2) is 3.48. The topological polar surface area (TPSA) is 55.4 Å². The SMILES string of the molecule is N#Cc1ccc(-c2c[nH]c(=S)[nH]2)cc1. The van der Waals surface area contributed by atoms with Crippen LogP contribution in [0.4, 0.5) is 0 Å². The lowest BCUT2D eigenvalue weighted by molar-refractivity contribution is 1.27. The molecule has 0 bridgehead atoms. The van der Waals surface area contributed by atoms with Crippen molar-refractivity contribution in [3.05, 3.63) is 40.8 Å². The lowest BCUT2D eigenvalue weighted by atomic mass is 10.1. The van der Waals surface area contributed by atoms with Crippen LogP contribution >= 0.6 is 12.2 Å². The van der Waals surface area contributed by atoms with Crippen molar-refractivity contribution >= 4 is 12.2 Å². The predicted octanol–water partition coefficient (Wildman–Crippen LogP) is 2.61. The Morgan fingerprint density at radius 2 is 1.93 bits per heavy atom. The third-order valence-electron chi connectivity index (χ3n) is 1.92. The molecule has 1 heterocycles. The second-order valence-electron chi connectivity index (χ2n) is 2.85. The normalized spacial score (nSPS) is 9.64. The summed E-state index contributed by atoms with van der Waals surface area (Å²) in [7, 11) is 0. The number of hydrogen-bond acceptors (Lipinski definition) is 2. The molecule has 68 valence electrons. The van der Waals surface area contributed by atoms with Gasteiger partial charge in [-0.05, 0) is 29.9 Å². The zero-order chi connectivity index (χ0) is 9.97. The fourth-order valence-corrected chi connectivity index (χ4v) is 1.38. The Morgan fingerprint density at radius 1 is 1.21 bits per heavy atom. The minimum absolute atomic E-state index is 0.601. The smallest absolute Gasteiger partial charge is 0.174 e. The van der Waals surface area contributed by atoms with Gasteiger partial charge in [0.15, 0.2) is 4.77 Å². The Balaban J connectivity index is 2.44. The lowest BCUT2D eigenvalue weighted by Gasteiger charge is -1.95. The number of rotatable bonds is 1. The highest BCUT2D eigenvalue weighted by Crippen LogP contribution is 2.16. The van der Waals surface area contributed by atoms with Crippen LogP contribution in [0.25, 0.3) is 11.3 Å². The van der Waals surface area contributed by atoms with Crippen molar-refractivity contribution in [1.29, 1.82) is 5.26 Å². The van der Waals surface area contributed by atoms with Gasteiger partial charge in [-0.15, -0.1) is 0 Å². The van der Waals surface area contributed by atoms with Crippen LogP contribution in [0.2, 0.25) is 0 Å². The van der Waals surface area contributed by atoms with Crippen molar-refractivity contribution < 1.29 is 0 Å². The Hall–Kier alpha value is -1.86. The van der Waals surface area contributed by atoms with Crippen molar-refractivity contribution in [1.82, 2.24) is 9.97 Å². The molecule has 0 spiro atoms. The highest BCUT2D eigenvalue weighted by Gasteiger charge is 1.98. The largest absolute Gasteiger partial charge is 0.337 e. The Labute approximate surface area is 86.0 Å². The molecular formula is C10H7N3S. The van der Waals surface area contributed by atoms with Gasteiger partial charge in [-0.1, -0.05) is 12.1 Å². The standard InChI is InChI=1S/C10H7N3S/c11-5-7-1-3-8(4-2-7)9-6-12-10(14)13-9/h1-4,6H,(H2,12,13,14). The summed E-state index contributed by atoms with van der Waals surface area (Å²) in [6.45, 7) is 0. The van der Waals surface area contributed by atoms with Crippen LogP contribution in [-0.2, 0) is 0 Å². The summed E-state index contributed by atoms with van der Waals surface area (Å²) in [4.78, 5) is 5.90. The van der Waals surface area contributed by atoms with E-state index in [0.717, 1.165) is 11.3 Å². The van der Waals surface area contributed by atoms with E-state index in [2.05, 4.69) is 16.0 Å². The van der Waals surface area contributed by atoms with Crippen LogP contribution in [-0.4, -0.2) is 9.97 Å². The van der Waals surface area contributed by atoms with Crippen LogP contribution in [0.15, 0.2) is 30.5 Å². The van der Waals surface area contributed by atoms with Crippen LogP contribution < -0.4 is 0 Å². The number of nitriles is 1. The predicted molar refractivity (Wildman–Crippen MR) is 56.1 cm³/mol. The lowest BCUT2D eigenvalue weighted by Crippen LogP contribution is -1.78. The Bertz CT molecular complexity index is 527. The zero-order valence-corrected chi connectivity index (χ0v) is 8.06. The number of aromatic nitrogens is 2. The summed E-state index contributed by atoms with van der Waals surface area (Å²) >= 11 is 4.92. The molecule has 14 heavy (non-hydrogen) atoms. The van der Waals surface area contributed by atoms with Crippen molar-refractivity contribution in [3.8, 4) is 17.3 Å². The first-order chi connectivity index (χ1) is 6.79. The van der Waals surface area contributed by atoms with E-state index in [9.17, 15) is 0 Å². The van der Waals surface area contributed by atoms with Crippen molar-refractivity contribution in [2.24, 2.45) is 0 Å². The molecule has 2 N–H and O–H groups in total. The van der Waals surface area contributed by atoms with Gasteiger partial charge in [0.05, 0.1) is 17.3 Å². The molecule has 1 aromatic carbocycles. The molecule has 0 aliphatic rings. The highest BCUT2D eigenvalue weighted by atomic mass is 32.1. The Kier molecular flexibility index (Phi) is 2.17. The number of benzene rings is 1. The van der Waals surface area contributed by atoms with Crippen molar-refractivity contribution in [2.75, 3.05) is 0 Å². The maximum Gasteiger partial charge on any atom is 0.174 e. The van der Waals surface area contributed by atoms with Crippen LogP contribution in [0.1, 0.15) is 5.56 Å². The molecule has 0 saturated heterocycles. The molecular weight excluding hydrogens is 194 g/mol. The minimum atomic E-state index is 0.601. The number of H-pyrrole nitrogens is 2. The van der Waals surface area contributed by atoms with Gasteiger partial charge in [-0.2, -0.15) is 5.26 Å². The zero-order valence-electron chi connectivity index (χ0n) is 7.24. The average molecular weight is 201 g/mol. The molecule has 3 nitrogen and oxygen atoms in total. The monoisotopic (exact) mass is 201 g/mol. The first kappa shape index (κ1) is 8.73. The van der Waals surface area contributed by atoms with E-state index in [1.165, 1.54) is 0 Å². The quantitative estimate of drug-likeness (QED) is 0.697. The summed E-state index contributed by atoms with van der Waals surface area (Å²) < 4.78 is 0.601. The molecule has 0 aliphatic heterocycles. The molecule has 4 heteroatoms. The van der Waals surface area contributed by atoms with E-state index in [4.69, 9.17) is 17.5 Å². The van der Waals surface area contributed by atoms with Gasteiger partial charge in [0.2, 0.25) is 0 Å². The third-order valence-corrected chi connectivity index (χ3v) is 2.14. The molecule has 0 radical (unpaired) electrons. The fourth-order valence-electron chi connectivity index (χ4n) is 1.21. The van der Waals surface area contributed by atoms with Gasteiger partial charge in [-0.25, -0.2) is 0 Å². The average Bonchev–Trinajstić information content (AvgIpc) is 2.65. The minimum Gasteiger partial charge on any atom is -0.337 e. The van der Waals surface area contributed by atoms with E-state index >= 15 is 0 Å². The van der Waals surface area contributed by atoms with Crippen LogP contribution in [0.3, 0.4) is 0 Å². The van der Waals surface area contributed by atoms with E-state index < -0.39 is 0 Å². The summed E-state index contributed by atoms with van der Waals surface area (Å²) in [5.41, 5.74) is 2.60. The Morgan fingerprint density at radius 3 is 2.43 bits per heavy atom. The number of hydrogen-bond donors (Lipinski definition) is 2. The number of aromatic amines is 2. The third kappa shape index (κ3) is 1.58. The van der Waals surface area contributed by atoms with E-state index in [1.807, 2.05) is 18.3 Å². The molecule has 0 atom stereocenters. The fraction of sp³-hybridized carbons (Fsp3) is 0. The maximum absolute atomic E-state index is 8.62. The van der Waals surface area contributed by atoms with Crippen molar-refractivity contribution in [3.63, 3.8) is 0 Å². The molecule has 0 unspecified atom stereocenters. The molecule has 2 rings (SSSR count). The molecule has 2 aromatic rings. The molecule has 1 aromatic heterocycles. The molecule has 0 fully saturated rings. The first-order valence-electron chi connectivity index (χ1n) is 4.08. The number of nitrogens with zero attached hydrogens (tertiary/aromatic N) is 1. The van der Waals surface area contributed by atoms with Gasteiger partial charge in [-0.3, -0.25) is 0 Å². The molecule has 0 saturated carbocycles. The summed E-state index contributed by atoms with van der Waals surface area (Å²) in [6.07, 6.45) is 1.81. The van der Waals surface area contributed by atoms with Crippen LogP contribution in [0.5, 0.6) is 0 Å². The van der Waals surface area contributed by atoms with Gasteiger partial charge in [0.1, 0.15) is 0 Å². The van der Waals surface area contributed by atoms with Gasteiger partial charge >= 0.3 is 0 Å². The van der Waals surface area contributed by atoms with E-state index in [0.29, 0.717) is 10.3 Å². The first-order valence-corrected chi connectivity index (χ1v) is 4.48. The maximum atomic E-state index is 8.62.